The first-order valence-corrected chi connectivity index (χ1v) is 7.12. The van der Waals surface area contributed by atoms with E-state index < -0.39 is 0 Å². The van der Waals surface area contributed by atoms with Crippen LogP contribution in [0.1, 0.15) is 26.7 Å². The maximum absolute atomic E-state index is 11.7. The minimum Gasteiger partial charge on any atom is -0.486 e. The van der Waals surface area contributed by atoms with E-state index >= 15 is 0 Å². The monoisotopic (exact) mass is 278 g/mol. The Balaban J connectivity index is 1.74. The molecule has 0 bridgehead atoms. The second kappa shape index (κ2) is 7.03. The molecule has 0 unspecified atom stereocenters. The number of hydrogen-bond acceptors (Lipinski definition) is 3. The van der Waals surface area contributed by atoms with Crippen LogP contribution in [-0.2, 0) is 0 Å². The Labute approximate surface area is 119 Å². The summed E-state index contributed by atoms with van der Waals surface area (Å²) in [4.78, 5) is 11.7. The summed E-state index contributed by atoms with van der Waals surface area (Å²) in [5, 5.41) is 5.71. The molecule has 0 fully saturated rings. The second-order valence-corrected chi connectivity index (χ2v) is 5.04. The zero-order chi connectivity index (χ0) is 14.4. The number of benzene rings is 1. The van der Waals surface area contributed by atoms with Gasteiger partial charge < -0.3 is 20.1 Å². The van der Waals surface area contributed by atoms with Crippen molar-refractivity contribution < 1.29 is 14.3 Å². The zero-order valence-corrected chi connectivity index (χ0v) is 12.0. The second-order valence-electron chi connectivity index (χ2n) is 5.04. The van der Waals surface area contributed by atoms with E-state index in [2.05, 4.69) is 17.6 Å². The van der Waals surface area contributed by atoms with Crippen molar-refractivity contribution in [3.8, 4) is 11.5 Å². The Morgan fingerprint density at radius 3 is 2.90 bits per heavy atom. The number of rotatable bonds is 5. The van der Waals surface area contributed by atoms with Gasteiger partial charge in [-0.25, -0.2) is 4.79 Å². The average Bonchev–Trinajstić information content (AvgIpc) is 2.45. The van der Waals surface area contributed by atoms with Crippen molar-refractivity contribution >= 4 is 6.03 Å². The number of fused-ring (bicyclic) bond motifs is 1. The molecule has 2 amide bonds. The van der Waals surface area contributed by atoms with E-state index in [0.29, 0.717) is 13.2 Å². The van der Waals surface area contributed by atoms with Crippen LogP contribution < -0.4 is 20.1 Å². The summed E-state index contributed by atoms with van der Waals surface area (Å²) in [6, 6.07) is 7.57. The minimum absolute atomic E-state index is 0.155. The van der Waals surface area contributed by atoms with Crippen molar-refractivity contribution in [3.05, 3.63) is 24.3 Å². The van der Waals surface area contributed by atoms with E-state index in [-0.39, 0.29) is 18.2 Å². The van der Waals surface area contributed by atoms with Crippen molar-refractivity contribution in [1.82, 2.24) is 10.6 Å². The van der Waals surface area contributed by atoms with Gasteiger partial charge in [0.2, 0.25) is 0 Å². The summed E-state index contributed by atoms with van der Waals surface area (Å²) < 4.78 is 11.4. The molecular formula is C15H22N2O3. The smallest absolute Gasteiger partial charge is 0.315 e. The van der Waals surface area contributed by atoms with Crippen LogP contribution >= 0.6 is 0 Å². The maximum Gasteiger partial charge on any atom is 0.315 e. The van der Waals surface area contributed by atoms with Crippen LogP contribution in [0.15, 0.2) is 24.3 Å². The predicted molar refractivity (Wildman–Crippen MR) is 77.3 cm³/mol. The van der Waals surface area contributed by atoms with E-state index in [9.17, 15) is 4.79 Å². The summed E-state index contributed by atoms with van der Waals surface area (Å²) in [6.07, 6.45) is 1.87. The molecule has 2 atom stereocenters. The van der Waals surface area contributed by atoms with E-state index in [1.807, 2.05) is 31.2 Å². The van der Waals surface area contributed by atoms with Gasteiger partial charge in [0.15, 0.2) is 17.6 Å². The van der Waals surface area contributed by atoms with Gasteiger partial charge in [0.05, 0.1) is 6.54 Å². The van der Waals surface area contributed by atoms with Crippen LogP contribution in [0.25, 0.3) is 0 Å². The Morgan fingerprint density at radius 2 is 2.15 bits per heavy atom. The molecule has 1 aliphatic rings. The first kappa shape index (κ1) is 14.5. The SMILES string of the molecule is CCC[C@H](C)NC(=O)NC[C@H]1COc2ccccc2O1. The maximum atomic E-state index is 11.7. The van der Waals surface area contributed by atoms with Crippen LogP contribution in [0.4, 0.5) is 4.79 Å². The quantitative estimate of drug-likeness (QED) is 0.869. The number of amides is 2. The molecule has 2 N–H and O–H groups in total. The van der Waals surface area contributed by atoms with Crippen LogP contribution in [0.3, 0.4) is 0 Å². The summed E-state index contributed by atoms with van der Waals surface area (Å²) in [5.41, 5.74) is 0. The highest BCUT2D eigenvalue weighted by Gasteiger charge is 2.21. The van der Waals surface area contributed by atoms with Gasteiger partial charge >= 0.3 is 6.03 Å². The molecule has 20 heavy (non-hydrogen) atoms. The van der Waals surface area contributed by atoms with Crippen molar-refractivity contribution in [2.24, 2.45) is 0 Å². The summed E-state index contributed by atoms with van der Waals surface area (Å²) in [7, 11) is 0. The Bertz CT molecular complexity index is 450. The lowest BCUT2D eigenvalue weighted by Crippen LogP contribution is -2.46. The van der Waals surface area contributed by atoms with Crippen LogP contribution in [-0.4, -0.2) is 31.3 Å². The highest BCUT2D eigenvalue weighted by atomic mass is 16.6. The van der Waals surface area contributed by atoms with Gasteiger partial charge in [0.25, 0.3) is 0 Å². The standard InChI is InChI=1S/C15H22N2O3/c1-3-6-11(2)17-15(18)16-9-12-10-19-13-7-4-5-8-14(13)20-12/h4-5,7-8,11-12H,3,6,9-10H2,1-2H3,(H2,16,17,18)/t11-,12-/m0/s1. The molecule has 0 spiro atoms. The molecule has 1 heterocycles. The van der Waals surface area contributed by atoms with Crippen molar-refractivity contribution in [1.29, 1.82) is 0 Å². The highest BCUT2D eigenvalue weighted by molar-refractivity contribution is 5.74. The molecule has 1 aromatic rings. The van der Waals surface area contributed by atoms with Gasteiger partial charge in [-0.05, 0) is 25.5 Å². The molecular weight excluding hydrogens is 256 g/mol. The predicted octanol–water partition coefficient (Wildman–Crippen LogP) is 2.31. The fourth-order valence-electron chi connectivity index (χ4n) is 2.15. The van der Waals surface area contributed by atoms with Gasteiger partial charge in [0, 0.05) is 6.04 Å². The lowest BCUT2D eigenvalue weighted by atomic mass is 10.2. The lowest BCUT2D eigenvalue weighted by molar-refractivity contribution is 0.0917. The number of ether oxygens (including phenoxy) is 2. The van der Waals surface area contributed by atoms with Crippen molar-refractivity contribution in [2.75, 3.05) is 13.2 Å². The fraction of sp³-hybridized carbons (Fsp3) is 0.533. The molecule has 0 aromatic heterocycles. The van der Waals surface area contributed by atoms with E-state index in [0.717, 1.165) is 24.3 Å². The normalized spacial score (nSPS) is 18.2. The molecule has 2 rings (SSSR count). The number of carbonyl (C=O) groups is 1. The zero-order valence-electron chi connectivity index (χ0n) is 12.0. The minimum atomic E-state index is -0.159. The lowest BCUT2D eigenvalue weighted by Gasteiger charge is -2.26. The highest BCUT2D eigenvalue weighted by Crippen LogP contribution is 2.30. The van der Waals surface area contributed by atoms with Gasteiger partial charge in [-0.2, -0.15) is 0 Å². The fourth-order valence-corrected chi connectivity index (χ4v) is 2.15. The molecule has 0 radical (unpaired) electrons. The third-order valence-corrected chi connectivity index (χ3v) is 3.16. The largest absolute Gasteiger partial charge is 0.486 e. The third kappa shape index (κ3) is 4.05. The Kier molecular flexibility index (Phi) is 5.09. The number of nitrogens with one attached hydrogen (secondary N) is 2. The Morgan fingerprint density at radius 1 is 1.40 bits per heavy atom. The topological polar surface area (TPSA) is 59.6 Å². The van der Waals surface area contributed by atoms with E-state index in [4.69, 9.17) is 9.47 Å². The van der Waals surface area contributed by atoms with Crippen LogP contribution in [0.2, 0.25) is 0 Å². The number of para-hydroxylation sites is 2. The molecule has 5 heteroatoms. The molecule has 1 aliphatic heterocycles. The molecule has 0 saturated heterocycles. The molecule has 0 saturated carbocycles. The molecule has 1 aromatic carbocycles. The first-order chi connectivity index (χ1) is 9.69. The number of hydrogen-bond donors (Lipinski definition) is 2. The first-order valence-electron chi connectivity index (χ1n) is 7.12. The molecule has 110 valence electrons. The van der Waals surface area contributed by atoms with Gasteiger partial charge in [-0.1, -0.05) is 25.5 Å². The van der Waals surface area contributed by atoms with E-state index in [1.165, 1.54) is 0 Å². The number of urea groups is 1. The van der Waals surface area contributed by atoms with Gasteiger partial charge in [-0.15, -0.1) is 0 Å². The average molecular weight is 278 g/mol. The summed E-state index contributed by atoms with van der Waals surface area (Å²) in [6.45, 7) is 4.97. The van der Waals surface area contributed by atoms with Crippen LogP contribution in [0, 0.1) is 0 Å². The van der Waals surface area contributed by atoms with Crippen LogP contribution in [0.5, 0.6) is 11.5 Å². The van der Waals surface area contributed by atoms with Crippen molar-refractivity contribution in [3.63, 3.8) is 0 Å². The summed E-state index contributed by atoms with van der Waals surface area (Å²) >= 11 is 0. The third-order valence-electron chi connectivity index (χ3n) is 3.16. The Hall–Kier alpha value is -1.91. The van der Waals surface area contributed by atoms with Gasteiger partial charge in [-0.3, -0.25) is 0 Å². The number of carbonyl (C=O) groups excluding carboxylic acids is 1. The van der Waals surface area contributed by atoms with Gasteiger partial charge in [0.1, 0.15) is 6.61 Å². The van der Waals surface area contributed by atoms with Crippen molar-refractivity contribution in [2.45, 2.75) is 38.8 Å². The molecule has 0 aliphatic carbocycles. The molecule has 5 nitrogen and oxygen atoms in total. The van der Waals surface area contributed by atoms with E-state index in [1.54, 1.807) is 0 Å². The summed E-state index contributed by atoms with van der Waals surface area (Å²) in [5.74, 6) is 1.48.